The van der Waals surface area contributed by atoms with Gasteiger partial charge in [-0.1, -0.05) is 42.3 Å². The van der Waals surface area contributed by atoms with E-state index < -0.39 is 0 Å². The van der Waals surface area contributed by atoms with Crippen LogP contribution in [0.1, 0.15) is 23.7 Å². The van der Waals surface area contributed by atoms with Crippen molar-refractivity contribution >= 4 is 58.2 Å². The molecule has 34 heavy (non-hydrogen) atoms. The van der Waals surface area contributed by atoms with E-state index in [1.54, 1.807) is 42.5 Å². The Kier molecular flexibility index (Phi) is 9.10. The molecule has 178 valence electrons. The molecule has 0 fully saturated rings. The lowest BCUT2D eigenvalue weighted by Gasteiger charge is -2.16. The number of nitrogens with one attached hydrogen (secondary N) is 2. The topological polar surface area (TPSA) is 76.7 Å². The molecule has 3 rings (SSSR count). The van der Waals surface area contributed by atoms with E-state index in [-0.39, 0.29) is 17.1 Å². The highest BCUT2D eigenvalue weighted by Crippen LogP contribution is 2.33. The minimum atomic E-state index is -0.369. The number of carbonyl (C=O) groups is 2. The van der Waals surface area contributed by atoms with E-state index in [1.807, 2.05) is 25.1 Å². The zero-order chi connectivity index (χ0) is 24.7. The number of hydrogen-bond acceptors (Lipinski definition) is 5. The summed E-state index contributed by atoms with van der Waals surface area (Å²) in [6.07, 6.45) is 0.594. The first kappa shape index (κ1) is 25.7. The van der Waals surface area contributed by atoms with Gasteiger partial charge in [-0.05, 0) is 55.0 Å². The minimum absolute atomic E-state index is 0.184. The Labute approximate surface area is 212 Å². The van der Waals surface area contributed by atoms with Crippen molar-refractivity contribution in [3.05, 3.63) is 76.3 Å². The molecule has 0 aliphatic rings. The number of amides is 2. The van der Waals surface area contributed by atoms with Gasteiger partial charge in [-0.25, -0.2) is 0 Å². The first-order chi connectivity index (χ1) is 16.4. The largest absolute Gasteiger partial charge is 0.493 e. The molecule has 2 amide bonds. The van der Waals surface area contributed by atoms with Crippen molar-refractivity contribution < 1.29 is 19.1 Å². The first-order valence-electron chi connectivity index (χ1n) is 10.4. The highest BCUT2D eigenvalue weighted by Gasteiger charge is 2.20. The zero-order valence-electron chi connectivity index (χ0n) is 18.9. The Morgan fingerprint density at radius 3 is 2.38 bits per heavy atom. The summed E-state index contributed by atoms with van der Waals surface area (Å²) in [6, 6.07) is 17.4. The number of halogens is 2. The molecule has 2 N–H and O–H groups in total. The second-order valence-electron chi connectivity index (χ2n) is 7.16. The number of rotatable bonds is 9. The van der Waals surface area contributed by atoms with Crippen LogP contribution in [0, 0.1) is 0 Å². The number of hydrogen-bond donors (Lipinski definition) is 2. The molecule has 3 aromatic carbocycles. The summed E-state index contributed by atoms with van der Waals surface area (Å²) >= 11 is 13.6. The van der Waals surface area contributed by atoms with Crippen LogP contribution in [0.15, 0.2) is 65.6 Å². The van der Waals surface area contributed by atoms with Gasteiger partial charge in [0.25, 0.3) is 5.91 Å². The maximum atomic E-state index is 12.8. The van der Waals surface area contributed by atoms with Crippen LogP contribution < -0.4 is 20.1 Å². The molecule has 9 heteroatoms. The minimum Gasteiger partial charge on any atom is -0.493 e. The summed E-state index contributed by atoms with van der Waals surface area (Å²) in [7, 11) is 3.05. The highest BCUT2D eigenvalue weighted by molar-refractivity contribution is 8.00. The van der Waals surface area contributed by atoms with E-state index in [0.29, 0.717) is 44.9 Å². The lowest BCUT2D eigenvalue weighted by molar-refractivity contribution is -0.115. The van der Waals surface area contributed by atoms with Gasteiger partial charge >= 0.3 is 0 Å². The summed E-state index contributed by atoms with van der Waals surface area (Å²) in [6.45, 7) is 1.93. The molecule has 0 radical (unpaired) electrons. The van der Waals surface area contributed by atoms with Crippen molar-refractivity contribution in [2.45, 2.75) is 23.5 Å². The highest BCUT2D eigenvalue weighted by atomic mass is 35.5. The smallest absolute Gasteiger partial charge is 0.255 e. The van der Waals surface area contributed by atoms with Gasteiger partial charge in [0.15, 0.2) is 11.5 Å². The fourth-order valence-electron chi connectivity index (χ4n) is 3.13. The molecule has 1 unspecified atom stereocenters. The van der Waals surface area contributed by atoms with Crippen LogP contribution in [0.5, 0.6) is 11.5 Å². The molecule has 0 bridgehead atoms. The summed E-state index contributed by atoms with van der Waals surface area (Å²) in [5.74, 6) is 0.538. The van der Waals surface area contributed by atoms with E-state index in [9.17, 15) is 9.59 Å². The third-order valence-corrected chi connectivity index (χ3v) is 7.07. The third kappa shape index (κ3) is 6.38. The van der Waals surface area contributed by atoms with Crippen molar-refractivity contribution in [2.75, 3.05) is 24.9 Å². The van der Waals surface area contributed by atoms with Gasteiger partial charge in [-0.3, -0.25) is 9.59 Å². The molecule has 0 saturated heterocycles. The van der Waals surface area contributed by atoms with Gasteiger partial charge in [0.1, 0.15) is 0 Å². The predicted molar refractivity (Wildman–Crippen MR) is 139 cm³/mol. The maximum absolute atomic E-state index is 12.8. The van der Waals surface area contributed by atoms with Gasteiger partial charge in [-0.15, -0.1) is 11.8 Å². The summed E-state index contributed by atoms with van der Waals surface area (Å²) in [4.78, 5) is 26.4. The molecule has 0 saturated carbocycles. The quantitative estimate of drug-likeness (QED) is 0.305. The Balaban J connectivity index is 1.70. The van der Waals surface area contributed by atoms with Gasteiger partial charge in [0, 0.05) is 16.1 Å². The summed E-state index contributed by atoms with van der Waals surface area (Å²) in [5, 5.41) is 6.03. The Bertz CT molecular complexity index is 1190. The Hall–Kier alpha value is -2.87. The van der Waals surface area contributed by atoms with Crippen LogP contribution in [-0.4, -0.2) is 31.3 Å². The van der Waals surface area contributed by atoms with Crippen LogP contribution in [0.25, 0.3) is 0 Å². The molecule has 0 aliphatic heterocycles. The van der Waals surface area contributed by atoms with Crippen LogP contribution in [0.3, 0.4) is 0 Å². The molecule has 0 aromatic heterocycles. The molecular weight excluding hydrogens is 495 g/mol. The van der Waals surface area contributed by atoms with E-state index in [1.165, 1.54) is 26.0 Å². The van der Waals surface area contributed by atoms with Crippen molar-refractivity contribution in [2.24, 2.45) is 0 Å². The van der Waals surface area contributed by atoms with Gasteiger partial charge in [0.2, 0.25) is 5.91 Å². The predicted octanol–water partition coefficient (Wildman–Crippen LogP) is 6.77. The fourth-order valence-corrected chi connectivity index (χ4v) is 4.49. The summed E-state index contributed by atoms with van der Waals surface area (Å²) < 4.78 is 10.5. The van der Waals surface area contributed by atoms with Crippen LogP contribution in [-0.2, 0) is 4.79 Å². The van der Waals surface area contributed by atoms with Crippen molar-refractivity contribution in [3.63, 3.8) is 0 Å². The average molecular weight is 519 g/mol. The van der Waals surface area contributed by atoms with Crippen molar-refractivity contribution in [1.82, 2.24) is 0 Å². The van der Waals surface area contributed by atoms with Gasteiger partial charge in [-0.2, -0.15) is 0 Å². The lowest BCUT2D eigenvalue weighted by atomic mass is 10.2. The first-order valence-corrected chi connectivity index (χ1v) is 12.0. The SMILES string of the molecule is CCC(Sc1cccc(NC(=O)c2ccc(OC)c(OC)c2)c1)C(=O)Nc1cccc(Cl)c1Cl. The second kappa shape index (κ2) is 12.0. The van der Waals surface area contributed by atoms with E-state index in [2.05, 4.69) is 10.6 Å². The maximum Gasteiger partial charge on any atom is 0.255 e. The third-order valence-electron chi connectivity index (χ3n) is 4.89. The Morgan fingerprint density at radius 1 is 0.941 bits per heavy atom. The fraction of sp³-hybridized carbons (Fsp3) is 0.200. The molecule has 0 aliphatic carbocycles. The normalized spacial score (nSPS) is 11.4. The standard InChI is InChI=1S/C25H24Cl2N2O4S/c1-4-22(25(31)29-19-10-6-9-18(26)23(19)27)34-17-8-5-7-16(14-17)28-24(30)15-11-12-20(32-2)21(13-15)33-3/h5-14,22H,4H2,1-3H3,(H,28,30)(H,29,31). The molecule has 6 nitrogen and oxygen atoms in total. The van der Waals surface area contributed by atoms with Gasteiger partial charge in [0.05, 0.1) is 35.2 Å². The van der Waals surface area contributed by atoms with Crippen LogP contribution in [0.2, 0.25) is 10.0 Å². The average Bonchev–Trinajstić information content (AvgIpc) is 2.85. The molecule has 3 aromatic rings. The van der Waals surface area contributed by atoms with E-state index >= 15 is 0 Å². The van der Waals surface area contributed by atoms with E-state index in [4.69, 9.17) is 32.7 Å². The molecule has 0 spiro atoms. The number of carbonyl (C=O) groups excluding carboxylic acids is 2. The van der Waals surface area contributed by atoms with Crippen molar-refractivity contribution in [3.8, 4) is 11.5 Å². The monoisotopic (exact) mass is 518 g/mol. The number of methoxy groups -OCH3 is 2. The van der Waals surface area contributed by atoms with Crippen molar-refractivity contribution in [1.29, 1.82) is 0 Å². The lowest BCUT2D eigenvalue weighted by Crippen LogP contribution is -2.24. The molecular formula is C25H24Cl2N2O4S. The van der Waals surface area contributed by atoms with Gasteiger partial charge < -0.3 is 20.1 Å². The molecule has 0 heterocycles. The number of ether oxygens (including phenoxy) is 2. The number of benzene rings is 3. The number of anilines is 2. The van der Waals surface area contributed by atoms with E-state index in [0.717, 1.165) is 4.90 Å². The second-order valence-corrected chi connectivity index (χ2v) is 9.22. The Morgan fingerprint density at radius 2 is 1.68 bits per heavy atom. The zero-order valence-corrected chi connectivity index (χ0v) is 21.2. The molecule has 1 atom stereocenters. The van der Waals surface area contributed by atoms with Crippen LogP contribution >= 0.6 is 35.0 Å². The summed E-state index contributed by atoms with van der Waals surface area (Å²) in [5.41, 5.74) is 1.51. The number of thioether (sulfide) groups is 1. The van der Waals surface area contributed by atoms with Crippen LogP contribution in [0.4, 0.5) is 11.4 Å².